The highest BCUT2D eigenvalue weighted by Crippen LogP contribution is 2.39. The van der Waals surface area contributed by atoms with Crippen LogP contribution in [0.1, 0.15) is 24.2 Å². The second kappa shape index (κ2) is 3.89. The van der Waals surface area contributed by atoms with E-state index in [1.54, 1.807) is 18.9 Å². The van der Waals surface area contributed by atoms with E-state index in [1.807, 2.05) is 25.1 Å². The van der Waals surface area contributed by atoms with Gasteiger partial charge in [0.05, 0.1) is 5.57 Å². The van der Waals surface area contributed by atoms with Gasteiger partial charge < -0.3 is 15.1 Å². The zero-order valence-electron chi connectivity index (χ0n) is 10.1. The van der Waals surface area contributed by atoms with Crippen molar-refractivity contribution < 1.29 is 15.0 Å². The van der Waals surface area contributed by atoms with Crippen molar-refractivity contribution in [2.24, 2.45) is 0 Å². The molecular formula is C13H15NO3. The van der Waals surface area contributed by atoms with Crippen LogP contribution in [0.25, 0.3) is 0 Å². The van der Waals surface area contributed by atoms with Crippen LogP contribution in [0, 0.1) is 6.92 Å². The van der Waals surface area contributed by atoms with E-state index in [-0.39, 0.29) is 5.57 Å². The standard InChI is InChI=1S/C13H15NO3/c1-7-4-5-10-9(6-7)12(15)11(13(16)17)8(2)14(10)3/h4-6,12,15H,1-3H3,(H,16,17). The third-order valence-electron chi connectivity index (χ3n) is 3.24. The molecule has 2 N–H and O–H groups in total. The quantitative estimate of drug-likeness (QED) is 0.777. The summed E-state index contributed by atoms with van der Waals surface area (Å²) >= 11 is 0. The SMILES string of the molecule is CC1=C(C(=O)O)C(O)c2cc(C)ccc2N1C. The molecule has 1 aromatic rings. The fraction of sp³-hybridized carbons (Fsp3) is 0.308. The third kappa shape index (κ3) is 1.70. The Kier molecular flexibility index (Phi) is 2.67. The zero-order valence-corrected chi connectivity index (χ0v) is 10.1. The predicted octanol–water partition coefficient (Wildman–Crippen LogP) is 1.84. The molecule has 4 nitrogen and oxygen atoms in total. The molecular weight excluding hydrogens is 218 g/mol. The maximum absolute atomic E-state index is 11.2. The molecule has 0 bridgehead atoms. The summed E-state index contributed by atoms with van der Waals surface area (Å²) < 4.78 is 0. The largest absolute Gasteiger partial charge is 0.478 e. The van der Waals surface area contributed by atoms with Gasteiger partial charge in [-0.15, -0.1) is 0 Å². The first-order valence-electron chi connectivity index (χ1n) is 5.40. The van der Waals surface area contributed by atoms with Crippen LogP contribution >= 0.6 is 0 Å². The minimum Gasteiger partial charge on any atom is -0.478 e. The van der Waals surface area contributed by atoms with E-state index < -0.39 is 12.1 Å². The topological polar surface area (TPSA) is 60.8 Å². The lowest BCUT2D eigenvalue weighted by Gasteiger charge is -2.32. The van der Waals surface area contributed by atoms with Gasteiger partial charge in [-0.05, 0) is 19.9 Å². The zero-order chi connectivity index (χ0) is 12.7. The Labute approximate surface area is 99.8 Å². The molecule has 0 saturated carbocycles. The van der Waals surface area contributed by atoms with E-state index in [9.17, 15) is 9.90 Å². The van der Waals surface area contributed by atoms with Gasteiger partial charge in [-0.2, -0.15) is 0 Å². The number of aliphatic hydroxyl groups is 1. The lowest BCUT2D eigenvalue weighted by atomic mass is 9.92. The summed E-state index contributed by atoms with van der Waals surface area (Å²) in [6.07, 6.45) is -1.06. The average molecular weight is 233 g/mol. The molecule has 0 aromatic heterocycles. The Morgan fingerprint density at radius 1 is 1.35 bits per heavy atom. The number of benzene rings is 1. The van der Waals surface area contributed by atoms with Crippen LogP contribution in [-0.2, 0) is 4.79 Å². The maximum atomic E-state index is 11.2. The predicted molar refractivity (Wildman–Crippen MR) is 64.9 cm³/mol. The normalized spacial score (nSPS) is 19.3. The minimum atomic E-state index is -1.07. The summed E-state index contributed by atoms with van der Waals surface area (Å²) in [6.45, 7) is 3.62. The number of anilines is 1. The number of carbonyl (C=O) groups is 1. The van der Waals surface area contributed by atoms with Crippen molar-refractivity contribution in [2.45, 2.75) is 20.0 Å². The Hall–Kier alpha value is -1.81. The molecule has 0 aliphatic carbocycles. The first-order valence-corrected chi connectivity index (χ1v) is 5.40. The van der Waals surface area contributed by atoms with Crippen LogP contribution < -0.4 is 4.90 Å². The first-order chi connectivity index (χ1) is 7.93. The molecule has 1 unspecified atom stereocenters. The van der Waals surface area contributed by atoms with Crippen LogP contribution in [0.5, 0.6) is 0 Å². The van der Waals surface area contributed by atoms with Gasteiger partial charge in [0.2, 0.25) is 0 Å². The van der Waals surface area contributed by atoms with Gasteiger partial charge in [0.25, 0.3) is 0 Å². The van der Waals surface area contributed by atoms with Crippen LogP contribution in [0.15, 0.2) is 29.5 Å². The molecule has 1 aliphatic rings. The third-order valence-corrected chi connectivity index (χ3v) is 3.24. The number of hydrogen-bond acceptors (Lipinski definition) is 3. The fourth-order valence-corrected chi connectivity index (χ4v) is 2.18. The van der Waals surface area contributed by atoms with Crippen LogP contribution in [0.3, 0.4) is 0 Å². The fourth-order valence-electron chi connectivity index (χ4n) is 2.18. The molecule has 17 heavy (non-hydrogen) atoms. The molecule has 1 atom stereocenters. The molecule has 0 amide bonds. The van der Waals surface area contributed by atoms with Crippen LogP contribution in [-0.4, -0.2) is 23.2 Å². The number of rotatable bonds is 1. The lowest BCUT2D eigenvalue weighted by Crippen LogP contribution is -2.28. The molecule has 0 radical (unpaired) electrons. The molecule has 90 valence electrons. The number of carboxylic acid groups (broad SMARTS) is 1. The maximum Gasteiger partial charge on any atom is 0.336 e. The highest BCUT2D eigenvalue weighted by molar-refractivity contribution is 5.91. The summed E-state index contributed by atoms with van der Waals surface area (Å²) in [5.74, 6) is -1.07. The van der Waals surface area contributed by atoms with E-state index in [2.05, 4.69) is 0 Å². The summed E-state index contributed by atoms with van der Waals surface area (Å²) in [5, 5.41) is 19.3. The molecule has 0 fully saturated rings. The van der Waals surface area contributed by atoms with E-state index in [4.69, 9.17) is 5.11 Å². The van der Waals surface area contributed by atoms with Crippen molar-refractivity contribution in [3.8, 4) is 0 Å². The summed E-state index contributed by atoms with van der Waals surface area (Å²) in [4.78, 5) is 13.0. The molecule has 1 aromatic carbocycles. The Morgan fingerprint density at radius 2 is 2.00 bits per heavy atom. The summed E-state index contributed by atoms with van der Waals surface area (Å²) in [7, 11) is 1.80. The smallest absolute Gasteiger partial charge is 0.336 e. The van der Waals surface area contributed by atoms with E-state index >= 15 is 0 Å². The second-order valence-electron chi connectivity index (χ2n) is 4.33. The molecule has 0 spiro atoms. The number of aliphatic carboxylic acids is 1. The number of aryl methyl sites for hydroxylation is 1. The monoisotopic (exact) mass is 233 g/mol. The number of aliphatic hydroxyl groups excluding tert-OH is 1. The first kappa shape index (κ1) is 11.7. The number of allylic oxidation sites excluding steroid dienone is 1. The van der Waals surface area contributed by atoms with Gasteiger partial charge in [-0.3, -0.25) is 0 Å². The Morgan fingerprint density at radius 3 is 2.59 bits per heavy atom. The van der Waals surface area contributed by atoms with E-state index in [0.717, 1.165) is 11.3 Å². The van der Waals surface area contributed by atoms with Crippen molar-refractivity contribution in [3.63, 3.8) is 0 Å². The molecule has 4 heteroatoms. The molecule has 2 rings (SSSR count). The number of fused-ring (bicyclic) bond motifs is 1. The van der Waals surface area contributed by atoms with Crippen molar-refractivity contribution in [1.82, 2.24) is 0 Å². The van der Waals surface area contributed by atoms with Crippen molar-refractivity contribution in [2.75, 3.05) is 11.9 Å². The highest BCUT2D eigenvalue weighted by atomic mass is 16.4. The minimum absolute atomic E-state index is 0.0469. The van der Waals surface area contributed by atoms with Gasteiger partial charge in [-0.25, -0.2) is 4.79 Å². The Bertz CT molecular complexity index is 519. The molecule has 0 saturated heterocycles. The van der Waals surface area contributed by atoms with Gasteiger partial charge in [0, 0.05) is 24.0 Å². The van der Waals surface area contributed by atoms with Gasteiger partial charge >= 0.3 is 5.97 Å². The Balaban J connectivity index is 2.64. The van der Waals surface area contributed by atoms with Gasteiger partial charge in [0.1, 0.15) is 6.10 Å². The van der Waals surface area contributed by atoms with Crippen LogP contribution in [0.2, 0.25) is 0 Å². The number of carboxylic acids is 1. The number of nitrogens with zero attached hydrogens (tertiary/aromatic N) is 1. The van der Waals surface area contributed by atoms with Crippen molar-refractivity contribution in [3.05, 3.63) is 40.6 Å². The van der Waals surface area contributed by atoms with Gasteiger partial charge in [-0.1, -0.05) is 17.7 Å². The lowest BCUT2D eigenvalue weighted by molar-refractivity contribution is -0.133. The van der Waals surface area contributed by atoms with Crippen molar-refractivity contribution >= 4 is 11.7 Å². The summed E-state index contributed by atoms with van der Waals surface area (Å²) in [6, 6.07) is 5.67. The molecule has 1 aliphatic heterocycles. The van der Waals surface area contributed by atoms with Crippen LogP contribution in [0.4, 0.5) is 5.69 Å². The number of hydrogen-bond donors (Lipinski definition) is 2. The van der Waals surface area contributed by atoms with E-state index in [1.165, 1.54) is 0 Å². The summed E-state index contributed by atoms with van der Waals surface area (Å²) in [5.41, 5.74) is 3.12. The van der Waals surface area contributed by atoms with Crippen molar-refractivity contribution in [1.29, 1.82) is 0 Å². The average Bonchev–Trinajstić information content (AvgIpc) is 2.26. The highest BCUT2D eigenvalue weighted by Gasteiger charge is 2.31. The van der Waals surface area contributed by atoms with Gasteiger partial charge in [0.15, 0.2) is 0 Å². The van der Waals surface area contributed by atoms with E-state index in [0.29, 0.717) is 11.3 Å². The second-order valence-corrected chi connectivity index (χ2v) is 4.33. The molecule has 1 heterocycles.